The molecule has 188 valence electrons. The van der Waals surface area contributed by atoms with Gasteiger partial charge in [-0.05, 0) is 47.2 Å². The van der Waals surface area contributed by atoms with E-state index in [1.807, 2.05) is 19.1 Å². The summed E-state index contributed by atoms with van der Waals surface area (Å²) in [5.74, 6) is -0.196. The Bertz CT molecular complexity index is 1140. The predicted octanol–water partition coefficient (Wildman–Crippen LogP) is 5.23. The highest BCUT2D eigenvalue weighted by molar-refractivity contribution is 6.46. The van der Waals surface area contributed by atoms with Gasteiger partial charge >= 0.3 is 0 Å². The van der Waals surface area contributed by atoms with E-state index in [2.05, 4.69) is 20.8 Å². The maximum Gasteiger partial charge on any atom is 0.295 e. The molecule has 3 rings (SSSR count). The number of aliphatic hydroxyl groups excluding tert-OH is 1. The van der Waals surface area contributed by atoms with Crippen LogP contribution in [0, 0.1) is 0 Å². The standard InChI is InChI=1S/C28H35NO6/c1-8-9-14-29-24(17-10-12-21(34-6)22(15-17)35-7)23(26(31)27(29)32)25(30)19-16-18(28(2,3)4)11-13-20(19)33-5/h10-13,15-16,24,30H,8-9,14H2,1-7H3/b25-23+. The molecule has 2 aromatic carbocycles. The van der Waals surface area contributed by atoms with Gasteiger partial charge in [-0.15, -0.1) is 0 Å². The molecule has 1 fully saturated rings. The van der Waals surface area contributed by atoms with Gasteiger partial charge in [-0.2, -0.15) is 0 Å². The Morgan fingerprint density at radius 1 is 0.943 bits per heavy atom. The van der Waals surface area contributed by atoms with Crippen LogP contribution < -0.4 is 14.2 Å². The fraction of sp³-hybridized carbons (Fsp3) is 0.429. The van der Waals surface area contributed by atoms with Crippen molar-refractivity contribution in [2.24, 2.45) is 0 Å². The Balaban J connectivity index is 2.28. The largest absolute Gasteiger partial charge is 0.507 e. The number of benzene rings is 2. The highest BCUT2D eigenvalue weighted by Gasteiger charge is 2.46. The molecule has 1 heterocycles. The second-order valence-corrected chi connectivity index (χ2v) is 9.63. The normalized spacial score (nSPS) is 17.6. The summed E-state index contributed by atoms with van der Waals surface area (Å²) in [6.45, 7) is 8.59. The number of amides is 1. The third-order valence-electron chi connectivity index (χ3n) is 6.34. The quantitative estimate of drug-likeness (QED) is 0.316. The average Bonchev–Trinajstić information content (AvgIpc) is 3.10. The topological polar surface area (TPSA) is 85.3 Å². The van der Waals surface area contributed by atoms with E-state index >= 15 is 0 Å². The van der Waals surface area contributed by atoms with Crippen LogP contribution in [0.15, 0.2) is 42.0 Å². The number of hydrogen-bond acceptors (Lipinski definition) is 6. The number of Topliss-reactive ketones (excluding diaryl/α,β-unsaturated/α-hetero) is 1. The summed E-state index contributed by atoms with van der Waals surface area (Å²) in [5.41, 5.74) is 1.81. The molecule has 35 heavy (non-hydrogen) atoms. The number of methoxy groups -OCH3 is 3. The summed E-state index contributed by atoms with van der Waals surface area (Å²) in [6, 6.07) is 10.0. The van der Waals surface area contributed by atoms with Gasteiger partial charge in [0.15, 0.2) is 11.5 Å². The van der Waals surface area contributed by atoms with Crippen LogP contribution in [-0.4, -0.2) is 49.6 Å². The molecule has 0 saturated carbocycles. The Labute approximate surface area is 207 Å². The molecule has 1 aliphatic heterocycles. The van der Waals surface area contributed by atoms with Crippen LogP contribution in [-0.2, 0) is 15.0 Å². The van der Waals surface area contributed by atoms with Gasteiger partial charge in [-0.3, -0.25) is 9.59 Å². The van der Waals surface area contributed by atoms with Crippen LogP contribution in [0.5, 0.6) is 17.2 Å². The van der Waals surface area contributed by atoms with Crippen molar-refractivity contribution in [3.05, 3.63) is 58.7 Å². The van der Waals surface area contributed by atoms with Crippen LogP contribution in [0.25, 0.3) is 5.76 Å². The van der Waals surface area contributed by atoms with E-state index in [4.69, 9.17) is 14.2 Å². The van der Waals surface area contributed by atoms with Crippen molar-refractivity contribution in [2.75, 3.05) is 27.9 Å². The third kappa shape index (κ3) is 4.99. The van der Waals surface area contributed by atoms with Crippen molar-refractivity contribution >= 4 is 17.4 Å². The number of carbonyl (C=O) groups excluding carboxylic acids is 2. The average molecular weight is 482 g/mol. The SMILES string of the molecule is CCCCN1C(=O)C(=O)/C(=C(/O)c2cc(C(C)(C)C)ccc2OC)C1c1ccc(OC)c(OC)c1. The van der Waals surface area contributed by atoms with E-state index in [0.29, 0.717) is 34.9 Å². The van der Waals surface area contributed by atoms with Crippen molar-refractivity contribution in [3.8, 4) is 17.2 Å². The van der Waals surface area contributed by atoms with Crippen molar-refractivity contribution in [1.29, 1.82) is 0 Å². The molecule has 1 atom stereocenters. The van der Waals surface area contributed by atoms with Crippen LogP contribution in [0.2, 0.25) is 0 Å². The lowest BCUT2D eigenvalue weighted by Crippen LogP contribution is -2.30. The number of aliphatic hydroxyl groups is 1. The highest BCUT2D eigenvalue weighted by Crippen LogP contribution is 2.43. The zero-order valence-corrected chi connectivity index (χ0v) is 21.6. The third-order valence-corrected chi connectivity index (χ3v) is 6.34. The smallest absolute Gasteiger partial charge is 0.295 e. The molecule has 7 nitrogen and oxygen atoms in total. The minimum atomic E-state index is -0.774. The maximum atomic E-state index is 13.3. The van der Waals surface area contributed by atoms with Gasteiger partial charge in [0.05, 0.1) is 38.5 Å². The van der Waals surface area contributed by atoms with Crippen LogP contribution in [0.4, 0.5) is 0 Å². The zero-order valence-electron chi connectivity index (χ0n) is 21.6. The molecule has 1 N–H and O–H groups in total. The fourth-order valence-corrected chi connectivity index (χ4v) is 4.31. The van der Waals surface area contributed by atoms with Gasteiger partial charge in [-0.1, -0.05) is 46.2 Å². The van der Waals surface area contributed by atoms with Gasteiger partial charge in [0, 0.05) is 6.54 Å². The number of ketones is 1. The number of carbonyl (C=O) groups is 2. The Kier molecular flexibility index (Phi) is 7.78. The van der Waals surface area contributed by atoms with Crippen LogP contribution in [0.3, 0.4) is 0 Å². The van der Waals surface area contributed by atoms with E-state index in [1.165, 1.54) is 19.1 Å². The maximum absolute atomic E-state index is 13.3. The molecule has 2 aromatic rings. The number of unbranched alkanes of at least 4 members (excludes halogenated alkanes) is 1. The first-order valence-corrected chi connectivity index (χ1v) is 11.8. The van der Waals surface area contributed by atoms with E-state index < -0.39 is 17.7 Å². The van der Waals surface area contributed by atoms with Gasteiger partial charge < -0.3 is 24.2 Å². The molecule has 1 saturated heterocycles. The van der Waals surface area contributed by atoms with E-state index in [1.54, 1.807) is 31.4 Å². The number of likely N-dealkylation sites (tertiary alicyclic amines) is 1. The number of rotatable bonds is 8. The minimum absolute atomic E-state index is 0.0303. The van der Waals surface area contributed by atoms with Crippen molar-refractivity contribution in [2.45, 2.75) is 52.0 Å². The first kappa shape index (κ1) is 26.1. The Morgan fingerprint density at radius 3 is 2.14 bits per heavy atom. The summed E-state index contributed by atoms with van der Waals surface area (Å²) in [5, 5.41) is 11.6. The molecule has 0 bridgehead atoms. The predicted molar refractivity (Wildman–Crippen MR) is 135 cm³/mol. The second kappa shape index (κ2) is 10.4. The van der Waals surface area contributed by atoms with E-state index in [0.717, 1.165) is 18.4 Å². The number of hydrogen-bond donors (Lipinski definition) is 1. The second-order valence-electron chi connectivity index (χ2n) is 9.63. The van der Waals surface area contributed by atoms with Gasteiger partial charge in [0.1, 0.15) is 11.5 Å². The Morgan fingerprint density at radius 2 is 1.57 bits per heavy atom. The Hall–Kier alpha value is -3.48. The molecule has 1 aliphatic rings. The molecule has 0 aromatic heterocycles. The summed E-state index contributed by atoms with van der Waals surface area (Å²) in [6.07, 6.45) is 1.57. The molecule has 7 heteroatoms. The molecule has 1 amide bonds. The lowest BCUT2D eigenvalue weighted by atomic mass is 9.85. The molecule has 0 aliphatic carbocycles. The lowest BCUT2D eigenvalue weighted by Gasteiger charge is -2.26. The van der Waals surface area contributed by atoms with E-state index in [9.17, 15) is 14.7 Å². The zero-order chi connectivity index (χ0) is 25.9. The van der Waals surface area contributed by atoms with Crippen molar-refractivity contribution in [3.63, 3.8) is 0 Å². The monoisotopic (exact) mass is 481 g/mol. The number of ether oxygens (including phenoxy) is 3. The van der Waals surface area contributed by atoms with Crippen molar-refractivity contribution < 1.29 is 28.9 Å². The molecule has 0 spiro atoms. The number of nitrogens with zero attached hydrogens (tertiary/aromatic N) is 1. The molecular weight excluding hydrogens is 446 g/mol. The van der Waals surface area contributed by atoms with Crippen molar-refractivity contribution in [1.82, 2.24) is 4.90 Å². The van der Waals surface area contributed by atoms with Gasteiger partial charge in [0.25, 0.3) is 11.7 Å². The van der Waals surface area contributed by atoms with Gasteiger partial charge in [0.2, 0.25) is 0 Å². The van der Waals surface area contributed by atoms with Crippen LogP contribution >= 0.6 is 0 Å². The lowest BCUT2D eigenvalue weighted by molar-refractivity contribution is -0.139. The molecule has 1 unspecified atom stereocenters. The summed E-state index contributed by atoms with van der Waals surface area (Å²) in [4.78, 5) is 28.0. The highest BCUT2D eigenvalue weighted by atomic mass is 16.5. The first-order valence-electron chi connectivity index (χ1n) is 11.8. The minimum Gasteiger partial charge on any atom is -0.507 e. The molecule has 0 radical (unpaired) electrons. The fourth-order valence-electron chi connectivity index (χ4n) is 4.31. The molecular formula is C28H35NO6. The summed E-state index contributed by atoms with van der Waals surface area (Å²) >= 11 is 0. The first-order chi connectivity index (χ1) is 16.6. The summed E-state index contributed by atoms with van der Waals surface area (Å²) in [7, 11) is 4.58. The van der Waals surface area contributed by atoms with Gasteiger partial charge in [-0.25, -0.2) is 0 Å². The summed E-state index contributed by atoms with van der Waals surface area (Å²) < 4.78 is 16.3. The van der Waals surface area contributed by atoms with Crippen LogP contribution in [0.1, 0.15) is 63.3 Å². The van der Waals surface area contributed by atoms with E-state index in [-0.39, 0.29) is 16.7 Å².